The van der Waals surface area contributed by atoms with Crippen LogP contribution in [0.3, 0.4) is 0 Å². The van der Waals surface area contributed by atoms with Crippen LogP contribution in [0, 0.1) is 5.92 Å². The number of ether oxygens (including phenoxy) is 1. The van der Waals surface area contributed by atoms with Crippen molar-refractivity contribution in [2.75, 3.05) is 26.3 Å². The van der Waals surface area contributed by atoms with E-state index >= 15 is 0 Å². The molecule has 2 heterocycles. The predicted molar refractivity (Wildman–Crippen MR) is 39.9 cm³/mol. The highest BCUT2D eigenvalue weighted by Crippen LogP contribution is 2.20. The van der Waals surface area contributed by atoms with Crippen LogP contribution >= 0.6 is 0 Å². The Morgan fingerprint density at radius 1 is 1.50 bits per heavy atom. The second-order valence-corrected chi connectivity index (χ2v) is 2.96. The van der Waals surface area contributed by atoms with E-state index in [-0.39, 0.29) is 0 Å². The average molecular weight is 139 g/mol. The lowest BCUT2D eigenvalue weighted by Crippen LogP contribution is -2.43. The van der Waals surface area contributed by atoms with Gasteiger partial charge >= 0.3 is 0 Å². The van der Waals surface area contributed by atoms with E-state index in [1.807, 2.05) is 0 Å². The van der Waals surface area contributed by atoms with Gasteiger partial charge < -0.3 is 10.1 Å². The van der Waals surface area contributed by atoms with E-state index < -0.39 is 0 Å². The van der Waals surface area contributed by atoms with Crippen molar-refractivity contribution in [3.8, 4) is 0 Å². The summed E-state index contributed by atoms with van der Waals surface area (Å²) in [6, 6.07) is 0. The Balaban J connectivity index is 1.94. The van der Waals surface area contributed by atoms with Gasteiger partial charge in [-0.25, -0.2) is 0 Å². The minimum absolute atomic E-state index is 0.837. The minimum atomic E-state index is 0.837. The van der Waals surface area contributed by atoms with Gasteiger partial charge in [-0.3, -0.25) is 0 Å². The minimum Gasteiger partial charge on any atom is -0.377 e. The molecule has 0 radical (unpaired) electrons. The molecule has 0 spiro atoms. The van der Waals surface area contributed by atoms with Crippen LogP contribution in [0.15, 0.2) is 11.6 Å². The van der Waals surface area contributed by atoms with Crippen molar-refractivity contribution in [3.05, 3.63) is 11.6 Å². The van der Waals surface area contributed by atoms with E-state index in [9.17, 15) is 0 Å². The van der Waals surface area contributed by atoms with Gasteiger partial charge in [0.2, 0.25) is 0 Å². The molecule has 0 saturated carbocycles. The zero-order valence-corrected chi connectivity index (χ0v) is 6.10. The van der Waals surface area contributed by atoms with Crippen molar-refractivity contribution >= 4 is 0 Å². The second kappa shape index (κ2) is 2.72. The van der Waals surface area contributed by atoms with Crippen molar-refractivity contribution in [2.45, 2.75) is 6.42 Å². The quantitative estimate of drug-likeness (QED) is 0.536. The molecule has 56 valence electrons. The Bertz CT molecular complexity index is 149. The van der Waals surface area contributed by atoms with Gasteiger partial charge in [0.15, 0.2) is 0 Å². The molecule has 0 unspecified atom stereocenters. The Kier molecular flexibility index (Phi) is 1.74. The molecule has 2 heteroatoms. The number of hydrogen-bond donors (Lipinski definition) is 1. The van der Waals surface area contributed by atoms with Gasteiger partial charge in [-0.15, -0.1) is 0 Å². The van der Waals surface area contributed by atoms with Crippen molar-refractivity contribution in [1.29, 1.82) is 0 Å². The summed E-state index contributed by atoms with van der Waals surface area (Å²) >= 11 is 0. The molecular formula is C8H13NO. The Labute approximate surface area is 61.3 Å². The van der Waals surface area contributed by atoms with Crippen LogP contribution in [-0.2, 0) is 4.74 Å². The molecule has 10 heavy (non-hydrogen) atoms. The molecule has 1 N–H and O–H groups in total. The molecule has 2 aliphatic heterocycles. The van der Waals surface area contributed by atoms with Crippen LogP contribution in [0.1, 0.15) is 6.42 Å². The molecule has 0 aromatic carbocycles. The summed E-state index contributed by atoms with van der Waals surface area (Å²) < 4.78 is 5.22. The predicted octanol–water partition coefficient (Wildman–Crippen LogP) is 0.552. The van der Waals surface area contributed by atoms with Gasteiger partial charge in [0.05, 0.1) is 13.2 Å². The fourth-order valence-electron chi connectivity index (χ4n) is 1.46. The molecule has 1 saturated heterocycles. The SMILES string of the molecule is C1=C(C2CNC2)CCOC1. The van der Waals surface area contributed by atoms with Crippen molar-refractivity contribution < 1.29 is 4.74 Å². The van der Waals surface area contributed by atoms with E-state index in [0.717, 1.165) is 25.6 Å². The van der Waals surface area contributed by atoms with Gasteiger partial charge in [-0.05, 0) is 6.42 Å². The summed E-state index contributed by atoms with van der Waals surface area (Å²) in [6.45, 7) is 4.14. The normalized spacial score (nSPS) is 27.4. The first-order chi connectivity index (χ1) is 4.97. The van der Waals surface area contributed by atoms with Crippen LogP contribution < -0.4 is 5.32 Å². The molecular weight excluding hydrogens is 126 g/mol. The smallest absolute Gasteiger partial charge is 0.0650 e. The molecule has 0 bridgehead atoms. The average Bonchev–Trinajstić information content (AvgIpc) is 1.86. The van der Waals surface area contributed by atoms with E-state index in [2.05, 4.69) is 11.4 Å². The number of nitrogens with one attached hydrogen (secondary N) is 1. The molecule has 0 amide bonds. The summed E-state index contributed by atoms with van der Waals surface area (Å²) in [6.07, 6.45) is 3.40. The third-order valence-electron chi connectivity index (χ3n) is 2.30. The summed E-state index contributed by atoms with van der Waals surface area (Å²) in [5, 5.41) is 3.28. The highest BCUT2D eigenvalue weighted by atomic mass is 16.5. The highest BCUT2D eigenvalue weighted by molar-refractivity contribution is 5.13. The van der Waals surface area contributed by atoms with Crippen LogP contribution in [0.2, 0.25) is 0 Å². The monoisotopic (exact) mass is 139 g/mol. The van der Waals surface area contributed by atoms with Gasteiger partial charge in [0, 0.05) is 19.0 Å². The maximum atomic E-state index is 5.22. The lowest BCUT2D eigenvalue weighted by molar-refractivity contribution is 0.147. The van der Waals surface area contributed by atoms with Crippen LogP contribution in [-0.4, -0.2) is 26.3 Å². The summed E-state index contributed by atoms with van der Waals surface area (Å²) in [5.41, 5.74) is 1.62. The topological polar surface area (TPSA) is 21.3 Å². The maximum absolute atomic E-state index is 5.22. The molecule has 2 aliphatic rings. The molecule has 2 rings (SSSR count). The van der Waals surface area contributed by atoms with E-state index in [0.29, 0.717) is 0 Å². The van der Waals surface area contributed by atoms with Gasteiger partial charge in [-0.1, -0.05) is 11.6 Å². The highest BCUT2D eigenvalue weighted by Gasteiger charge is 2.21. The molecule has 0 aromatic heterocycles. The summed E-state index contributed by atoms with van der Waals surface area (Å²) in [5.74, 6) is 0.837. The van der Waals surface area contributed by atoms with Crippen LogP contribution in [0.4, 0.5) is 0 Å². The van der Waals surface area contributed by atoms with Crippen LogP contribution in [0.25, 0.3) is 0 Å². The molecule has 2 nitrogen and oxygen atoms in total. The van der Waals surface area contributed by atoms with Gasteiger partial charge in [0.1, 0.15) is 0 Å². The fourth-order valence-corrected chi connectivity index (χ4v) is 1.46. The standard InChI is InChI=1S/C8H13NO/c1-3-10-4-2-7(1)8-5-9-6-8/h1,8-9H,2-6H2. The molecule has 0 aliphatic carbocycles. The van der Waals surface area contributed by atoms with Crippen molar-refractivity contribution in [1.82, 2.24) is 5.32 Å². The molecule has 1 fully saturated rings. The third-order valence-corrected chi connectivity index (χ3v) is 2.30. The Hall–Kier alpha value is -0.340. The zero-order chi connectivity index (χ0) is 6.81. The first kappa shape index (κ1) is 6.38. The number of rotatable bonds is 1. The third kappa shape index (κ3) is 1.09. The maximum Gasteiger partial charge on any atom is 0.0650 e. The second-order valence-electron chi connectivity index (χ2n) is 2.96. The fraction of sp³-hybridized carbons (Fsp3) is 0.750. The first-order valence-corrected chi connectivity index (χ1v) is 3.94. The lowest BCUT2D eigenvalue weighted by atomic mass is 9.90. The van der Waals surface area contributed by atoms with Gasteiger partial charge in [0.25, 0.3) is 0 Å². The van der Waals surface area contributed by atoms with Crippen molar-refractivity contribution in [3.63, 3.8) is 0 Å². The lowest BCUT2D eigenvalue weighted by Gasteiger charge is -2.31. The van der Waals surface area contributed by atoms with E-state index in [4.69, 9.17) is 4.74 Å². The largest absolute Gasteiger partial charge is 0.377 e. The van der Waals surface area contributed by atoms with E-state index in [1.54, 1.807) is 5.57 Å². The molecule has 0 atom stereocenters. The van der Waals surface area contributed by atoms with E-state index in [1.165, 1.54) is 13.1 Å². The van der Waals surface area contributed by atoms with Crippen molar-refractivity contribution in [2.24, 2.45) is 5.92 Å². The summed E-state index contributed by atoms with van der Waals surface area (Å²) in [7, 11) is 0. The number of hydrogen-bond acceptors (Lipinski definition) is 2. The van der Waals surface area contributed by atoms with Gasteiger partial charge in [-0.2, -0.15) is 0 Å². The first-order valence-electron chi connectivity index (χ1n) is 3.94. The zero-order valence-electron chi connectivity index (χ0n) is 6.10. The van der Waals surface area contributed by atoms with Crippen LogP contribution in [0.5, 0.6) is 0 Å². The summed E-state index contributed by atoms with van der Waals surface area (Å²) in [4.78, 5) is 0. The Morgan fingerprint density at radius 2 is 2.40 bits per heavy atom. The molecule has 0 aromatic rings. The Morgan fingerprint density at radius 3 is 2.90 bits per heavy atom.